The standard InChI is InChI=1S/C32H50O4/c1-20(2)10-9-11-22(28(34)35)23-14-18-32(8)25-12-13-26-29(4,5)27(36-21(3)33)16-17-30(26,6)24(25)15-19-31(23,32)7/h10,22-23,26-27H,9,11-19H2,1-8H3,(H,34,35). The van der Waals surface area contributed by atoms with E-state index in [4.69, 9.17) is 4.74 Å². The van der Waals surface area contributed by atoms with Gasteiger partial charge >= 0.3 is 11.9 Å². The van der Waals surface area contributed by atoms with Crippen molar-refractivity contribution in [3.63, 3.8) is 0 Å². The predicted molar refractivity (Wildman–Crippen MR) is 144 cm³/mol. The first kappa shape index (κ1) is 27.5. The number of hydrogen-bond donors (Lipinski definition) is 1. The van der Waals surface area contributed by atoms with E-state index >= 15 is 0 Å². The van der Waals surface area contributed by atoms with Gasteiger partial charge < -0.3 is 9.84 Å². The third-order valence-electron chi connectivity index (χ3n) is 11.9. The van der Waals surface area contributed by atoms with E-state index in [1.165, 1.54) is 12.5 Å². The molecule has 0 aromatic rings. The van der Waals surface area contributed by atoms with Crippen molar-refractivity contribution in [1.82, 2.24) is 0 Å². The van der Waals surface area contributed by atoms with Gasteiger partial charge in [0.1, 0.15) is 6.10 Å². The summed E-state index contributed by atoms with van der Waals surface area (Å²) in [6.07, 6.45) is 12.4. The van der Waals surface area contributed by atoms with Crippen molar-refractivity contribution >= 4 is 11.9 Å². The highest BCUT2D eigenvalue weighted by atomic mass is 16.5. The number of fused-ring (bicyclic) bond motifs is 4. The van der Waals surface area contributed by atoms with Gasteiger partial charge in [0.2, 0.25) is 0 Å². The third kappa shape index (κ3) is 4.09. The van der Waals surface area contributed by atoms with E-state index in [2.05, 4.69) is 54.5 Å². The summed E-state index contributed by atoms with van der Waals surface area (Å²) in [5.74, 6) is -0.291. The second kappa shape index (κ2) is 9.31. The van der Waals surface area contributed by atoms with Crippen LogP contribution in [0.5, 0.6) is 0 Å². The normalized spacial score (nSPS) is 39.9. The van der Waals surface area contributed by atoms with Gasteiger partial charge in [-0.1, -0.05) is 57.4 Å². The fourth-order valence-electron chi connectivity index (χ4n) is 9.81. The highest BCUT2D eigenvalue weighted by molar-refractivity contribution is 5.70. The summed E-state index contributed by atoms with van der Waals surface area (Å²) in [7, 11) is 0. The molecule has 7 atom stereocenters. The van der Waals surface area contributed by atoms with Crippen LogP contribution >= 0.6 is 0 Å². The van der Waals surface area contributed by atoms with E-state index in [9.17, 15) is 14.7 Å². The summed E-state index contributed by atoms with van der Waals surface area (Å²) in [4.78, 5) is 24.3. The number of aliphatic carboxylic acids is 1. The zero-order chi connectivity index (χ0) is 26.7. The Morgan fingerprint density at radius 1 is 0.972 bits per heavy atom. The maximum Gasteiger partial charge on any atom is 0.306 e. The molecule has 2 saturated carbocycles. The number of esters is 1. The van der Waals surface area contributed by atoms with Crippen molar-refractivity contribution in [3.8, 4) is 0 Å². The van der Waals surface area contributed by atoms with Gasteiger partial charge in [-0.25, -0.2) is 0 Å². The summed E-state index contributed by atoms with van der Waals surface area (Å²) in [5, 5.41) is 10.3. The molecule has 36 heavy (non-hydrogen) atoms. The molecule has 4 aliphatic rings. The topological polar surface area (TPSA) is 63.6 Å². The molecule has 202 valence electrons. The van der Waals surface area contributed by atoms with E-state index in [1.807, 2.05) is 0 Å². The van der Waals surface area contributed by atoms with Crippen LogP contribution in [-0.2, 0) is 14.3 Å². The Labute approximate surface area is 219 Å². The van der Waals surface area contributed by atoms with Crippen molar-refractivity contribution < 1.29 is 19.4 Å². The van der Waals surface area contributed by atoms with Gasteiger partial charge in [0, 0.05) is 12.3 Å². The number of hydrogen-bond acceptors (Lipinski definition) is 3. The monoisotopic (exact) mass is 498 g/mol. The van der Waals surface area contributed by atoms with E-state index < -0.39 is 5.97 Å². The van der Waals surface area contributed by atoms with Crippen molar-refractivity contribution in [2.45, 2.75) is 126 Å². The molecule has 0 radical (unpaired) electrons. The molecule has 4 rings (SSSR count). The van der Waals surface area contributed by atoms with Crippen LogP contribution in [0.4, 0.5) is 0 Å². The second-order valence-corrected chi connectivity index (χ2v) is 14.1. The molecule has 0 heterocycles. The van der Waals surface area contributed by atoms with Crippen LogP contribution in [0.1, 0.15) is 120 Å². The molecule has 4 nitrogen and oxygen atoms in total. The van der Waals surface area contributed by atoms with E-state index in [1.54, 1.807) is 11.1 Å². The lowest BCUT2D eigenvalue weighted by molar-refractivity contribution is -0.167. The van der Waals surface area contributed by atoms with Crippen LogP contribution in [0.15, 0.2) is 22.8 Å². The lowest BCUT2D eigenvalue weighted by atomic mass is 9.43. The smallest absolute Gasteiger partial charge is 0.306 e. The van der Waals surface area contributed by atoms with Gasteiger partial charge in [0.15, 0.2) is 0 Å². The van der Waals surface area contributed by atoms with Crippen LogP contribution in [0.25, 0.3) is 0 Å². The number of ether oxygens (including phenoxy) is 1. The zero-order valence-corrected chi connectivity index (χ0v) is 24.1. The van der Waals surface area contributed by atoms with E-state index in [0.717, 1.165) is 64.2 Å². The van der Waals surface area contributed by atoms with Crippen molar-refractivity contribution in [3.05, 3.63) is 22.8 Å². The lowest BCUT2D eigenvalue weighted by Gasteiger charge is -2.62. The van der Waals surface area contributed by atoms with E-state index in [0.29, 0.717) is 5.92 Å². The molecule has 4 heteroatoms. The van der Waals surface area contributed by atoms with Crippen LogP contribution < -0.4 is 0 Å². The molecule has 0 aromatic heterocycles. The Kier molecular flexibility index (Phi) is 7.10. The molecule has 0 bridgehead atoms. The predicted octanol–water partition coefficient (Wildman–Crippen LogP) is 8.11. The fourth-order valence-corrected chi connectivity index (χ4v) is 9.81. The Bertz CT molecular complexity index is 969. The first-order chi connectivity index (χ1) is 16.7. The largest absolute Gasteiger partial charge is 0.481 e. The molecule has 7 unspecified atom stereocenters. The molecule has 4 aliphatic carbocycles. The molecule has 0 aliphatic heterocycles. The Morgan fingerprint density at radius 2 is 1.67 bits per heavy atom. The average molecular weight is 499 g/mol. The minimum Gasteiger partial charge on any atom is -0.481 e. The van der Waals surface area contributed by atoms with Crippen LogP contribution in [0.2, 0.25) is 0 Å². The van der Waals surface area contributed by atoms with Gasteiger partial charge in [-0.05, 0) is 106 Å². The van der Waals surface area contributed by atoms with Crippen LogP contribution in [0.3, 0.4) is 0 Å². The third-order valence-corrected chi connectivity index (χ3v) is 11.9. The Morgan fingerprint density at radius 3 is 2.28 bits per heavy atom. The number of carbonyl (C=O) groups excluding carboxylic acids is 1. The summed E-state index contributed by atoms with van der Waals surface area (Å²) in [5.41, 5.74) is 4.85. The Balaban J connectivity index is 1.67. The number of carbonyl (C=O) groups is 2. The molecule has 0 saturated heterocycles. The SMILES string of the molecule is CC(=O)OC1CCC2(C)C3=C(CCC2C1(C)C)C1(C)CCC(C(CCC=C(C)C)C(=O)O)C1(C)CC3. The van der Waals surface area contributed by atoms with E-state index in [-0.39, 0.29) is 45.6 Å². The summed E-state index contributed by atoms with van der Waals surface area (Å²) in [6, 6.07) is 0. The second-order valence-electron chi connectivity index (χ2n) is 14.1. The summed E-state index contributed by atoms with van der Waals surface area (Å²) >= 11 is 0. The van der Waals surface area contributed by atoms with Gasteiger partial charge in [0.05, 0.1) is 5.92 Å². The fraction of sp³-hybridized carbons (Fsp3) is 0.812. The van der Waals surface area contributed by atoms with Gasteiger partial charge in [0.25, 0.3) is 0 Å². The first-order valence-corrected chi connectivity index (χ1v) is 14.4. The molecular formula is C32H50O4. The number of carboxylic acid groups (broad SMARTS) is 1. The van der Waals surface area contributed by atoms with Gasteiger partial charge in [-0.15, -0.1) is 0 Å². The van der Waals surface area contributed by atoms with Crippen molar-refractivity contribution in [2.24, 2.45) is 39.4 Å². The summed E-state index contributed by atoms with van der Waals surface area (Å²) < 4.78 is 5.84. The maximum atomic E-state index is 12.5. The number of rotatable bonds is 6. The number of allylic oxidation sites excluding steroid dienone is 4. The van der Waals surface area contributed by atoms with Gasteiger partial charge in [-0.2, -0.15) is 0 Å². The molecule has 0 aromatic carbocycles. The maximum absolute atomic E-state index is 12.5. The molecule has 2 fully saturated rings. The minimum atomic E-state index is -0.603. The summed E-state index contributed by atoms with van der Waals surface area (Å²) in [6.45, 7) is 17.8. The molecule has 0 amide bonds. The lowest BCUT2D eigenvalue weighted by Crippen LogP contribution is -2.56. The highest BCUT2D eigenvalue weighted by Gasteiger charge is 2.64. The van der Waals surface area contributed by atoms with Crippen molar-refractivity contribution in [1.29, 1.82) is 0 Å². The molecular weight excluding hydrogens is 448 g/mol. The quantitative estimate of drug-likeness (QED) is 0.297. The highest BCUT2D eigenvalue weighted by Crippen LogP contribution is 2.72. The molecule has 0 spiro atoms. The molecule has 1 N–H and O–H groups in total. The average Bonchev–Trinajstić information content (AvgIpc) is 3.04. The van der Waals surface area contributed by atoms with Crippen LogP contribution in [-0.4, -0.2) is 23.1 Å². The van der Waals surface area contributed by atoms with Gasteiger partial charge in [-0.3, -0.25) is 9.59 Å². The Hall–Kier alpha value is -1.58. The van der Waals surface area contributed by atoms with Crippen molar-refractivity contribution in [2.75, 3.05) is 0 Å². The first-order valence-electron chi connectivity index (χ1n) is 14.4. The van der Waals surface area contributed by atoms with Crippen LogP contribution in [0, 0.1) is 39.4 Å². The number of carboxylic acids is 1. The minimum absolute atomic E-state index is 0.00680. The zero-order valence-electron chi connectivity index (χ0n) is 24.1.